The van der Waals surface area contributed by atoms with E-state index in [1.165, 1.54) is 29.8 Å². The van der Waals surface area contributed by atoms with Crippen molar-refractivity contribution in [3.8, 4) is 0 Å². The van der Waals surface area contributed by atoms with Crippen LogP contribution in [0.1, 0.15) is 57.8 Å². The number of amides is 1. The van der Waals surface area contributed by atoms with E-state index in [1.807, 2.05) is 0 Å². The highest BCUT2D eigenvalue weighted by molar-refractivity contribution is 7.91. The fourth-order valence-corrected chi connectivity index (χ4v) is 6.61. The first kappa shape index (κ1) is 19.6. The molecule has 1 aliphatic heterocycles. The van der Waals surface area contributed by atoms with Crippen molar-refractivity contribution in [3.05, 3.63) is 29.2 Å². The van der Waals surface area contributed by atoms with E-state index in [0.29, 0.717) is 17.3 Å². The lowest BCUT2D eigenvalue weighted by Gasteiger charge is -2.34. The average Bonchev–Trinajstić information content (AvgIpc) is 3.18. The summed E-state index contributed by atoms with van der Waals surface area (Å²) >= 11 is 1.24. The summed E-state index contributed by atoms with van der Waals surface area (Å²) in [6.45, 7) is 1.15. The number of piperidine rings is 1. The van der Waals surface area contributed by atoms with Crippen LogP contribution in [0.4, 0.5) is 0 Å². The van der Waals surface area contributed by atoms with Crippen molar-refractivity contribution in [3.63, 3.8) is 0 Å². The maximum atomic E-state index is 12.9. The molecule has 1 aromatic heterocycles. The van der Waals surface area contributed by atoms with Crippen LogP contribution < -0.4 is 5.32 Å². The Balaban J connectivity index is 1.54. The van der Waals surface area contributed by atoms with Crippen molar-refractivity contribution in [2.24, 2.45) is 0 Å². The van der Waals surface area contributed by atoms with Gasteiger partial charge in [0.25, 0.3) is 10.0 Å². The first-order chi connectivity index (χ1) is 12.6. The molecule has 0 saturated carbocycles. The zero-order valence-electron chi connectivity index (χ0n) is 15.2. The van der Waals surface area contributed by atoms with Crippen LogP contribution >= 0.6 is 11.3 Å². The van der Waals surface area contributed by atoms with E-state index in [-0.39, 0.29) is 18.4 Å². The van der Waals surface area contributed by atoms with Gasteiger partial charge in [0.1, 0.15) is 4.21 Å². The second-order valence-electron chi connectivity index (χ2n) is 7.11. The summed E-state index contributed by atoms with van der Waals surface area (Å²) in [5.74, 6) is -0.0420. The Kier molecular flexibility index (Phi) is 6.89. The molecule has 1 aliphatic carbocycles. The normalized spacial score (nSPS) is 22.0. The number of sulfonamides is 1. The molecule has 144 valence electrons. The summed E-state index contributed by atoms with van der Waals surface area (Å²) in [7, 11) is -3.49. The SMILES string of the molecule is O=C(CC1CCCCN1S(=O)(=O)c1cccs1)NCCC1=CCCCC1. The number of thiophene rings is 1. The molecule has 1 aromatic rings. The minimum atomic E-state index is -3.49. The van der Waals surface area contributed by atoms with Gasteiger partial charge in [-0.25, -0.2) is 8.42 Å². The lowest BCUT2D eigenvalue weighted by atomic mass is 9.97. The Labute approximate surface area is 160 Å². The molecule has 0 spiro atoms. The van der Waals surface area contributed by atoms with Gasteiger partial charge in [-0.1, -0.05) is 24.1 Å². The molecule has 1 unspecified atom stereocenters. The Morgan fingerprint density at radius 2 is 2.15 bits per heavy atom. The standard InChI is InChI=1S/C19H28N2O3S2/c22-18(20-12-11-16-7-2-1-3-8-16)15-17-9-4-5-13-21(17)26(23,24)19-10-6-14-25-19/h6-7,10,14,17H,1-5,8-9,11-13,15H2,(H,20,22). The van der Waals surface area contributed by atoms with Gasteiger partial charge in [-0.2, -0.15) is 4.31 Å². The lowest BCUT2D eigenvalue weighted by molar-refractivity contribution is -0.122. The van der Waals surface area contributed by atoms with E-state index in [1.54, 1.807) is 21.8 Å². The summed E-state index contributed by atoms with van der Waals surface area (Å²) in [5.41, 5.74) is 1.44. The second-order valence-corrected chi connectivity index (χ2v) is 10.2. The Morgan fingerprint density at radius 1 is 1.27 bits per heavy atom. The maximum Gasteiger partial charge on any atom is 0.252 e. The van der Waals surface area contributed by atoms with E-state index in [4.69, 9.17) is 0 Å². The molecule has 3 rings (SSSR count). The smallest absolute Gasteiger partial charge is 0.252 e. The van der Waals surface area contributed by atoms with Crippen molar-refractivity contribution in [1.82, 2.24) is 9.62 Å². The molecule has 0 radical (unpaired) electrons. The predicted octanol–water partition coefficient (Wildman–Crippen LogP) is 3.69. The molecule has 2 aliphatic rings. The Morgan fingerprint density at radius 3 is 2.88 bits per heavy atom. The van der Waals surface area contributed by atoms with Crippen molar-refractivity contribution in [2.75, 3.05) is 13.1 Å². The minimum absolute atomic E-state index is 0.0420. The van der Waals surface area contributed by atoms with E-state index in [2.05, 4.69) is 11.4 Å². The third-order valence-electron chi connectivity index (χ3n) is 5.21. The molecule has 1 fully saturated rings. The number of rotatable bonds is 7. The van der Waals surface area contributed by atoms with E-state index in [0.717, 1.165) is 38.5 Å². The zero-order chi connectivity index (χ0) is 18.4. The number of carbonyl (C=O) groups is 1. The van der Waals surface area contributed by atoms with Crippen LogP contribution in [0, 0.1) is 0 Å². The topological polar surface area (TPSA) is 66.5 Å². The third kappa shape index (κ3) is 4.96. The third-order valence-corrected chi connectivity index (χ3v) is 8.53. The first-order valence-corrected chi connectivity index (χ1v) is 11.9. The molecule has 1 amide bonds. The van der Waals surface area contributed by atoms with E-state index >= 15 is 0 Å². The molecule has 0 aromatic carbocycles. The number of allylic oxidation sites excluding steroid dienone is 1. The number of hydrogen-bond acceptors (Lipinski definition) is 4. The number of nitrogens with one attached hydrogen (secondary N) is 1. The quantitative estimate of drug-likeness (QED) is 0.715. The van der Waals surface area contributed by atoms with Gasteiger partial charge in [0.05, 0.1) is 0 Å². The summed E-state index contributed by atoms with van der Waals surface area (Å²) in [4.78, 5) is 12.4. The van der Waals surface area contributed by atoms with Crippen LogP contribution in [0.25, 0.3) is 0 Å². The summed E-state index contributed by atoms with van der Waals surface area (Å²) < 4.78 is 27.6. The Bertz CT molecular complexity index is 726. The predicted molar refractivity (Wildman–Crippen MR) is 105 cm³/mol. The van der Waals surface area contributed by atoms with Gasteiger partial charge < -0.3 is 5.32 Å². The van der Waals surface area contributed by atoms with Gasteiger partial charge in [-0.3, -0.25) is 4.79 Å². The van der Waals surface area contributed by atoms with Crippen LogP contribution in [-0.4, -0.2) is 37.8 Å². The fraction of sp³-hybridized carbons (Fsp3) is 0.632. The van der Waals surface area contributed by atoms with Crippen molar-refractivity contribution in [1.29, 1.82) is 0 Å². The van der Waals surface area contributed by atoms with Crippen LogP contribution in [-0.2, 0) is 14.8 Å². The van der Waals surface area contributed by atoms with Gasteiger partial charge >= 0.3 is 0 Å². The molecule has 5 nitrogen and oxygen atoms in total. The van der Waals surface area contributed by atoms with Gasteiger partial charge in [0.15, 0.2) is 0 Å². The minimum Gasteiger partial charge on any atom is -0.356 e. The number of nitrogens with zero attached hydrogens (tertiary/aromatic N) is 1. The van der Waals surface area contributed by atoms with Gasteiger partial charge in [-0.05, 0) is 56.4 Å². The molecule has 26 heavy (non-hydrogen) atoms. The molecule has 1 atom stereocenters. The largest absolute Gasteiger partial charge is 0.356 e. The van der Waals surface area contributed by atoms with Gasteiger partial charge in [0.2, 0.25) is 5.91 Å². The van der Waals surface area contributed by atoms with E-state index in [9.17, 15) is 13.2 Å². The summed E-state index contributed by atoms with van der Waals surface area (Å²) in [6.07, 6.45) is 10.9. The van der Waals surface area contributed by atoms with Crippen molar-refractivity contribution < 1.29 is 13.2 Å². The first-order valence-electron chi connectivity index (χ1n) is 9.57. The van der Waals surface area contributed by atoms with Crippen LogP contribution in [0.2, 0.25) is 0 Å². The van der Waals surface area contributed by atoms with Gasteiger partial charge in [0, 0.05) is 25.6 Å². The highest BCUT2D eigenvalue weighted by Crippen LogP contribution is 2.29. The molecule has 1 saturated heterocycles. The van der Waals surface area contributed by atoms with Crippen LogP contribution in [0.15, 0.2) is 33.4 Å². The van der Waals surface area contributed by atoms with Gasteiger partial charge in [-0.15, -0.1) is 11.3 Å². The molecular weight excluding hydrogens is 368 g/mol. The molecule has 1 N–H and O–H groups in total. The average molecular weight is 397 g/mol. The van der Waals surface area contributed by atoms with Crippen molar-refractivity contribution >= 4 is 27.3 Å². The number of hydrogen-bond donors (Lipinski definition) is 1. The van der Waals surface area contributed by atoms with E-state index < -0.39 is 10.0 Å². The lowest BCUT2D eigenvalue weighted by Crippen LogP contribution is -2.45. The number of carbonyl (C=O) groups excluding carboxylic acids is 1. The van der Waals surface area contributed by atoms with Crippen LogP contribution in [0.3, 0.4) is 0 Å². The monoisotopic (exact) mass is 396 g/mol. The Hall–Kier alpha value is -1.18. The fourth-order valence-electron chi connectivity index (χ4n) is 3.80. The van der Waals surface area contributed by atoms with Crippen molar-refractivity contribution in [2.45, 2.75) is 68.0 Å². The maximum absolute atomic E-state index is 12.9. The molecule has 0 bridgehead atoms. The molecule has 7 heteroatoms. The molecular formula is C19H28N2O3S2. The summed E-state index contributed by atoms with van der Waals surface area (Å²) in [5, 5.41) is 4.76. The zero-order valence-corrected chi connectivity index (χ0v) is 16.8. The highest BCUT2D eigenvalue weighted by Gasteiger charge is 2.35. The summed E-state index contributed by atoms with van der Waals surface area (Å²) in [6, 6.07) is 3.16. The molecule has 2 heterocycles. The van der Waals surface area contributed by atoms with Crippen LogP contribution in [0.5, 0.6) is 0 Å². The highest BCUT2D eigenvalue weighted by atomic mass is 32.2. The second kappa shape index (κ2) is 9.15.